The van der Waals surface area contributed by atoms with Crippen molar-refractivity contribution in [2.75, 3.05) is 19.4 Å². The third-order valence-electron chi connectivity index (χ3n) is 4.25. The maximum Gasteiger partial charge on any atom is 0.412 e. The van der Waals surface area contributed by atoms with Gasteiger partial charge in [-0.05, 0) is 45.2 Å². The molecule has 1 rings (SSSR count). The van der Waals surface area contributed by atoms with Gasteiger partial charge in [-0.2, -0.15) is 8.42 Å². The molecule has 0 spiro atoms. The third kappa shape index (κ3) is 6.83. The van der Waals surface area contributed by atoms with Crippen molar-refractivity contribution in [3.63, 3.8) is 0 Å². The lowest BCUT2D eigenvalue weighted by atomic mass is 9.79. The van der Waals surface area contributed by atoms with E-state index in [1.165, 1.54) is 4.90 Å². The summed E-state index contributed by atoms with van der Waals surface area (Å²) in [4.78, 5) is 14.4. The Morgan fingerprint density at radius 1 is 1.19 bits per heavy atom. The molecule has 26 heavy (non-hydrogen) atoms. The molecule has 1 heterocycles. The lowest BCUT2D eigenvalue weighted by Crippen LogP contribution is -2.55. The summed E-state index contributed by atoms with van der Waals surface area (Å²) in [6.45, 7) is 15.9. The zero-order chi connectivity index (χ0) is 20.6. The van der Waals surface area contributed by atoms with Crippen LogP contribution in [0.25, 0.3) is 0 Å². The van der Waals surface area contributed by atoms with Crippen molar-refractivity contribution in [2.24, 2.45) is 11.3 Å². The maximum atomic E-state index is 12.9. The molecule has 1 saturated heterocycles. The van der Waals surface area contributed by atoms with Crippen LogP contribution in [0, 0.1) is 11.3 Å². The standard InChI is InChI=1S/C17H35NO6SSi/c1-15(2,3)13-10-17(24-26(8)9,12-22-25(7,20)21)18(11-13)14(19)23-16(4,5)6/h13,26H,10-12H2,1-9H3/t13-,17?/m0/s1. The van der Waals surface area contributed by atoms with E-state index in [0.29, 0.717) is 13.0 Å². The Labute approximate surface area is 160 Å². The minimum atomic E-state index is -3.67. The Balaban J connectivity index is 3.28. The Bertz CT molecular complexity index is 608. The molecule has 7 nitrogen and oxygen atoms in total. The van der Waals surface area contributed by atoms with Crippen molar-refractivity contribution in [3.8, 4) is 0 Å². The van der Waals surface area contributed by atoms with Gasteiger partial charge in [0.05, 0.1) is 6.26 Å². The minimum absolute atomic E-state index is 0.0744. The van der Waals surface area contributed by atoms with E-state index < -0.39 is 36.6 Å². The summed E-state index contributed by atoms with van der Waals surface area (Å²) in [6, 6.07) is 0. The van der Waals surface area contributed by atoms with E-state index in [1.807, 2.05) is 13.1 Å². The van der Waals surface area contributed by atoms with Gasteiger partial charge in [-0.3, -0.25) is 9.08 Å². The molecule has 1 aliphatic rings. The molecular weight excluding hydrogens is 374 g/mol. The molecule has 9 heteroatoms. The van der Waals surface area contributed by atoms with E-state index in [0.717, 1.165) is 6.26 Å². The van der Waals surface area contributed by atoms with Gasteiger partial charge in [0.15, 0.2) is 14.8 Å². The highest BCUT2D eigenvalue weighted by Crippen LogP contribution is 2.44. The van der Waals surface area contributed by atoms with Crippen molar-refractivity contribution in [1.82, 2.24) is 4.90 Å². The van der Waals surface area contributed by atoms with E-state index in [1.54, 1.807) is 20.8 Å². The molecule has 0 aromatic rings. The van der Waals surface area contributed by atoms with E-state index in [-0.39, 0.29) is 17.9 Å². The monoisotopic (exact) mass is 409 g/mol. The number of hydrogen-bond acceptors (Lipinski definition) is 6. The molecule has 0 aromatic carbocycles. The van der Waals surface area contributed by atoms with Gasteiger partial charge in [0.2, 0.25) is 0 Å². The van der Waals surface area contributed by atoms with Crippen molar-refractivity contribution in [1.29, 1.82) is 0 Å². The molecule has 2 atom stereocenters. The average Bonchev–Trinajstić information content (AvgIpc) is 2.73. The van der Waals surface area contributed by atoms with Crippen LogP contribution in [-0.4, -0.2) is 59.2 Å². The lowest BCUT2D eigenvalue weighted by molar-refractivity contribution is -0.0896. The molecule has 0 saturated carbocycles. The number of likely N-dealkylation sites (tertiary alicyclic amines) is 1. The summed E-state index contributed by atoms with van der Waals surface area (Å²) in [5.41, 5.74) is -1.85. The zero-order valence-corrected chi connectivity index (χ0v) is 19.6. The van der Waals surface area contributed by atoms with Gasteiger partial charge in [0.1, 0.15) is 12.2 Å². The number of amides is 1. The van der Waals surface area contributed by atoms with Crippen LogP contribution in [-0.2, 0) is 23.5 Å². The smallest absolute Gasteiger partial charge is 0.412 e. The fourth-order valence-electron chi connectivity index (χ4n) is 3.00. The highest BCUT2D eigenvalue weighted by molar-refractivity contribution is 7.85. The van der Waals surface area contributed by atoms with E-state index >= 15 is 0 Å². The second-order valence-corrected chi connectivity index (χ2v) is 13.4. The molecule has 0 radical (unpaired) electrons. The van der Waals surface area contributed by atoms with Crippen LogP contribution in [0.5, 0.6) is 0 Å². The van der Waals surface area contributed by atoms with Gasteiger partial charge >= 0.3 is 6.09 Å². The van der Waals surface area contributed by atoms with Gasteiger partial charge in [0, 0.05) is 13.0 Å². The van der Waals surface area contributed by atoms with Crippen molar-refractivity contribution in [2.45, 2.75) is 72.4 Å². The topological polar surface area (TPSA) is 82.1 Å². The first-order valence-electron chi connectivity index (χ1n) is 8.98. The van der Waals surface area contributed by atoms with Gasteiger partial charge < -0.3 is 9.16 Å². The van der Waals surface area contributed by atoms with Crippen LogP contribution >= 0.6 is 0 Å². The predicted molar refractivity (Wildman–Crippen MR) is 104 cm³/mol. The van der Waals surface area contributed by atoms with E-state index in [2.05, 4.69) is 20.8 Å². The van der Waals surface area contributed by atoms with Gasteiger partial charge in [-0.1, -0.05) is 20.8 Å². The molecule has 1 aliphatic heterocycles. The number of carbonyl (C=O) groups excluding carboxylic acids is 1. The number of carbonyl (C=O) groups is 1. The van der Waals surface area contributed by atoms with Crippen LogP contribution in [0.4, 0.5) is 4.79 Å². The molecule has 154 valence electrons. The summed E-state index contributed by atoms with van der Waals surface area (Å²) < 4.78 is 40.1. The van der Waals surface area contributed by atoms with Crippen LogP contribution in [0.3, 0.4) is 0 Å². The van der Waals surface area contributed by atoms with Gasteiger partial charge in [-0.15, -0.1) is 0 Å². The fourth-order valence-corrected chi connectivity index (χ4v) is 4.57. The summed E-state index contributed by atoms with van der Waals surface area (Å²) in [5, 5.41) is 0. The maximum absolute atomic E-state index is 12.9. The predicted octanol–water partition coefficient (Wildman–Crippen LogP) is 2.96. The molecule has 0 N–H and O–H groups in total. The first kappa shape index (κ1) is 23.4. The largest absolute Gasteiger partial charge is 0.444 e. The van der Waals surface area contributed by atoms with Gasteiger partial charge in [0.25, 0.3) is 10.1 Å². The number of nitrogens with zero attached hydrogens (tertiary/aromatic N) is 1. The second kappa shape index (κ2) is 7.77. The fraction of sp³-hybridized carbons (Fsp3) is 0.941. The Morgan fingerprint density at radius 3 is 2.12 bits per heavy atom. The Kier molecular flexibility index (Phi) is 6.99. The van der Waals surface area contributed by atoms with Crippen LogP contribution in [0.2, 0.25) is 13.1 Å². The van der Waals surface area contributed by atoms with Crippen molar-refractivity contribution < 1.29 is 26.6 Å². The Morgan fingerprint density at radius 2 is 1.73 bits per heavy atom. The van der Waals surface area contributed by atoms with E-state index in [4.69, 9.17) is 13.3 Å². The quantitative estimate of drug-likeness (QED) is 0.513. The molecule has 1 amide bonds. The van der Waals surface area contributed by atoms with Crippen LogP contribution in [0.15, 0.2) is 0 Å². The number of rotatable bonds is 5. The summed E-state index contributed by atoms with van der Waals surface area (Å²) >= 11 is 0. The molecule has 1 unspecified atom stereocenters. The van der Waals surface area contributed by atoms with Gasteiger partial charge in [-0.25, -0.2) is 4.79 Å². The zero-order valence-electron chi connectivity index (χ0n) is 17.6. The number of hydrogen-bond donors (Lipinski definition) is 0. The summed E-state index contributed by atoms with van der Waals surface area (Å²) in [5.74, 6) is 0.130. The molecule has 1 fully saturated rings. The first-order chi connectivity index (χ1) is 11.5. The molecular formula is C17H35NO6SSi. The second-order valence-electron chi connectivity index (χ2n) is 9.44. The summed E-state index contributed by atoms with van der Waals surface area (Å²) in [6.07, 6.45) is 1.01. The Hall–Kier alpha value is -0.643. The van der Waals surface area contributed by atoms with Crippen LogP contribution in [0.1, 0.15) is 48.0 Å². The average molecular weight is 410 g/mol. The SMILES string of the molecule is C[SiH](C)OC1(COS(C)(=O)=O)C[C@H](C(C)(C)C)CN1C(=O)OC(C)(C)C. The van der Waals surface area contributed by atoms with Crippen LogP contribution < -0.4 is 0 Å². The highest BCUT2D eigenvalue weighted by Gasteiger charge is 2.53. The highest BCUT2D eigenvalue weighted by atomic mass is 32.2. The lowest BCUT2D eigenvalue weighted by Gasteiger charge is -2.39. The van der Waals surface area contributed by atoms with Crippen molar-refractivity contribution in [3.05, 3.63) is 0 Å². The van der Waals surface area contributed by atoms with Crippen molar-refractivity contribution >= 4 is 25.3 Å². The minimum Gasteiger partial charge on any atom is -0.444 e. The normalized spacial score (nSPS) is 25.0. The molecule has 0 aliphatic carbocycles. The first-order valence-corrected chi connectivity index (χ1v) is 13.6. The number of ether oxygens (including phenoxy) is 1. The summed E-state index contributed by atoms with van der Waals surface area (Å²) in [7, 11) is -5.28. The molecule has 0 bridgehead atoms. The van der Waals surface area contributed by atoms with E-state index in [9.17, 15) is 13.2 Å². The molecule has 0 aromatic heterocycles. The third-order valence-corrected chi connectivity index (χ3v) is 5.71.